The second kappa shape index (κ2) is 8.47. The summed E-state index contributed by atoms with van der Waals surface area (Å²) in [6.45, 7) is 10.4. The zero-order valence-electron chi connectivity index (χ0n) is 16.3. The van der Waals surface area contributed by atoms with Gasteiger partial charge in [-0.05, 0) is 25.0 Å². The molecule has 1 amide bonds. The average Bonchev–Trinajstić information content (AvgIpc) is 3.03. The van der Waals surface area contributed by atoms with Crippen LogP contribution in [0.15, 0.2) is 36.4 Å². The smallest absolute Gasteiger partial charge is 0.239 e. The molecule has 0 aliphatic carbocycles. The fourth-order valence-corrected chi connectivity index (χ4v) is 2.40. The fourth-order valence-electron chi connectivity index (χ4n) is 2.40. The number of hydrogen-bond donors (Lipinski definition) is 3. The van der Waals surface area contributed by atoms with E-state index in [-0.39, 0.29) is 36.4 Å². The van der Waals surface area contributed by atoms with Crippen LogP contribution in [0.2, 0.25) is 0 Å². The van der Waals surface area contributed by atoms with Gasteiger partial charge < -0.3 is 15.7 Å². The van der Waals surface area contributed by atoms with Gasteiger partial charge in [0.25, 0.3) is 0 Å². The van der Waals surface area contributed by atoms with Crippen LogP contribution in [-0.2, 0) is 10.2 Å². The Kier molecular flexibility index (Phi) is 6.56. The predicted octanol–water partition coefficient (Wildman–Crippen LogP) is 2.71. The van der Waals surface area contributed by atoms with Crippen molar-refractivity contribution in [2.45, 2.75) is 46.1 Å². The third-order valence-electron chi connectivity index (χ3n) is 4.47. The second-order valence-corrected chi connectivity index (χ2v) is 7.79. The Labute approximate surface area is 155 Å². The molecule has 26 heavy (non-hydrogen) atoms. The first-order valence-electron chi connectivity index (χ1n) is 9.02. The summed E-state index contributed by atoms with van der Waals surface area (Å²) in [5.41, 5.74) is 1.68. The van der Waals surface area contributed by atoms with Crippen LogP contribution in [0.5, 0.6) is 0 Å². The summed E-state index contributed by atoms with van der Waals surface area (Å²) in [6, 6.07) is 11.7. The van der Waals surface area contributed by atoms with Crippen molar-refractivity contribution in [2.75, 3.05) is 18.5 Å². The van der Waals surface area contributed by atoms with Crippen molar-refractivity contribution in [3.05, 3.63) is 42.1 Å². The highest BCUT2D eigenvalue weighted by Gasteiger charge is 2.21. The van der Waals surface area contributed by atoms with Gasteiger partial charge in [-0.15, -0.1) is 0 Å². The van der Waals surface area contributed by atoms with Crippen LogP contribution < -0.4 is 10.6 Å². The van der Waals surface area contributed by atoms with Gasteiger partial charge in [0, 0.05) is 24.1 Å². The van der Waals surface area contributed by atoms with Gasteiger partial charge in [0.05, 0.1) is 17.9 Å². The number of hydrogen-bond acceptors (Lipinski definition) is 4. The minimum Gasteiger partial charge on any atom is -0.396 e. The maximum absolute atomic E-state index is 12.4. The van der Waals surface area contributed by atoms with Gasteiger partial charge in [0.15, 0.2) is 0 Å². The van der Waals surface area contributed by atoms with Crippen molar-refractivity contribution >= 4 is 11.7 Å². The Bertz CT molecular complexity index is 719. The number of rotatable bonds is 7. The summed E-state index contributed by atoms with van der Waals surface area (Å²) in [7, 11) is 0. The molecule has 0 bridgehead atoms. The predicted molar refractivity (Wildman–Crippen MR) is 105 cm³/mol. The zero-order valence-corrected chi connectivity index (χ0v) is 16.3. The first kappa shape index (κ1) is 20.1. The molecule has 142 valence electrons. The lowest BCUT2D eigenvalue weighted by molar-refractivity contribution is -0.115. The topological polar surface area (TPSA) is 79.2 Å². The molecule has 2 aromatic rings. The molecule has 6 nitrogen and oxygen atoms in total. The quantitative estimate of drug-likeness (QED) is 0.711. The SMILES string of the molecule is C[C@@H](CO)[C@@H](C)NCC(=O)Nc1cc(C(C)(C)C)nn1-c1ccccc1. The van der Waals surface area contributed by atoms with E-state index >= 15 is 0 Å². The highest BCUT2D eigenvalue weighted by molar-refractivity contribution is 5.91. The molecule has 1 heterocycles. The Morgan fingerprint density at radius 1 is 1.23 bits per heavy atom. The van der Waals surface area contributed by atoms with Gasteiger partial charge in [-0.1, -0.05) is 45.9 Å². The van der Waals surface area contributed by atoms with E-state index in [1.165, 1.54) is 0 Å². The summed E-state index contributed by atoms with van der Waals surface area (Å²) in [5, 5.41) is 20.0. The Hall–Kier alpha value is -2.18. The number of amides is 1. The van der Waals surface area contributed by atoms with Crippen molar-refractivity contribution in [2.24, 2.45) is 5.92 Å². The lowest BCUT2D eigenvalue weighted by Gasteiger charge is -2.19. The molecule has 6 heteroatoms. The Morgan fingerprint density at radius 2 is 1.88 bits per heavy atom. The molecule has 0 saturated carbocycles. The summed E-state index contributed by atoms with van der Waals surface area (Å²) in [6.07, 6.45) is 0. The molecule has 0 fully saturated rings. The van der Waals surface area contributed by atoms with Gasteiger partial charge >= 0.3 is 0 Å². The number of carbonyl (C=O) groups is 1. The minimum atomic E-state index is -0.139. The van der Waals surface area contributed by atoms with Crippen molar-refractivity contribution in [1.29, 1.82) is 0 Å². The van der Waals surface area contributed by atoms with E-state index in [1.807, 2.05) is 50.2 Å². The first-order valence-corrected chi connectivity index (χ1v) is 9.02. The normalized spacial score (nSPS) is 14.1. The summed E-state index contributed by atoms with van der Waals surface area (Å²) in [5.74, 6) is 0.598. The van der Waals surface area contributed by atoms with Gasteiger partial charge in [-0.2, -0.15) is 5.10 Å². The maximum atomic E-state index is 12.4. The standard InChI is InChI=1S/C20H30N4O2/c1-14(13-25)15(2)21-12-19(26)22-18-11-17(20(3,4)5)23-24(18)16-9-7-6-8-10-16/h6-11,14-15,21,25H,12-13H2,1-5H3,(H,22,26)/t14-,15+/m0/s1. The van der Waals surface area contributed by atoms with E-state index in [0.29, 0.717) is 5.82 Å². The largest absolute Gasteiger partial charge is 0.396 e. The van der Waals surface area contributed by atoms with Gasteiger partial charge in [0.2, 0.25) is 5.91 Å². The van der Waals surface area contributed by atoms with Crippen molar-refractivity contribution < 1.29 is 9.90 Å². The molecular weight excluding hydrogens is 328 g/mol. The number of aromatic nitrogens is 2. The van der Waals surface area contributed by atoms with Crippen LogP contribution >= 0.6 is 0 Å². The third kappa shape index (κ3) is 5.16. The molecule has 1 aromatic carbocycles. The van der Waals surface area contributed by atoms with E-state index < -0.39 is 0 Å². The third-order valence-corrected chi connectivity index (χ3v) is 4.47. The summed E-state index contributed by atoms with van der Waals surface area (Å²) < 4.78 is 1.76. The number of nitrogens with zero attached hydrogens (tertiary/aromatic N) is 2. The average molecular weight is 358 g/mol. The Balaban J connectivity index is 2.17. The number of aliphatic hydroxyl groups is 1. The lowest BCUT2D eigenvalue weighted by Crippen LogP contribution is -2.39. The van der Waals surface area contributed by atoms with Gasteiger partial charge in [-0.3, -0.25) is 4.79 Å². The molecule has 1 aromatic heterocycles. The van der Waals surface area contributed by atoms with Crippen molar-refractivity contribution in [3.8, 4) is 5.69 Å². The number of nitrogens with one attached hydrogen (secondary N) is 2. The number of anilines is 1. The number of carbonyl (C=O) groups excluding carboxylic acids is 1. The Morgan fingerprint density at radius 3 is 2.46 bits per heavy atom. The highest BCUT2D eigenvalue weighted by atomic mass is 16.3. The molecule has 2 rings (SSSR count). The molecule has 3 N–H and O–H groups in total. The summed E-state index contributed by atoms with van der Waals surface area (Å²) >= 11 is 0. The summed E-state index contributed by atoms with van der Waals surface area (Å²) in [4.78, 5) is 12.4. The first-order chi connectivity index (χ1) is 12.2. The number of aliphatic hydroxyl groups excluding tert-OH is 1. The molecule has 0 radical (unpaired) electrons. The second-order valence-electron chi connectivity index (χ2n) is 7.79. The van der Waals surface area contributed by atoms with Crippen molar-refractivity contribution in [3.63, 3.8) is 0 Å². The van der Waals surface area contributed by atoms with Crippen LogP contribution in [-0.4, -0.2) is 40.0 Å². The molecule has 0 aliphatic rings. The van der Waals surface area contributed by atoms with Crippen molar-refractivity contribution in [1.82, 2.24) is 15.1 Å². The van der Waals surface area contributed by atoms with Gasteiger partial charge in [-0.25, -0.2) is 4.68 Å². The van der Waals surface area contributed by atoms with E-state index in [9.17, 15) is 9.90 Å². The minimum absolute atomic E-state index is 0.0509. The fraction of sp³-hybridized carbons (Fsp3) is 0.500. The zero-order chi connectivity index (χ0) is 19.3. The highest BCUT2D eigenvalue weighted by Crippen LogP contribution is 2.26. The molecular formula is C20H30N4O2. The molecule has 0 unspecified atom stereocenters. The van der Waals surface area contributed by atoms with E-state index in [0.717, 1.165) is 11.4 Å². The lowest BCUT2D eigenvalue weighted by atomic mass is 9.92. The van der Waals surface area contributed by atoms with E-state index in [2.05, 4.69) is 36.5 Å². The van der Waals surface area contributed by atoms with Crippen LogP contribution in [0.25, 0.3) is 5.69 Å². The van der Waals surface area contributed by atoms with E-state index in [4.69, 9.17) is 0 Å². The number of benzene rings is 1. The van der Waals surface area contributed by atoms with Crippen LogP contribution in [0.4, 0.5) is 5.82 Å². The molecule has 0 spiro atoms. The van der Waals surface area contributed by atoms with Gasteiger partial charge in [0.1, 0.15) is 5.82 Å². The van der Waals surface area contributed by atoms with E-state index in [1.54, 1.807) is 4.68 Å². The number of para-hydroxylation sites is 1. The molecule has 2 atom stereocenters. The molecule has 0 aliphatic heterocycles. The van der Waals surface area contributed by atoms with Crippen LogP contribution in [0, 0.1) is 5.92 Å². The maximum Gasteiger partial charge on any atom is 0.239 e. The van der Waals surface area contributed by atoms with Crippen LogP contribution in [0.3, 0.4) is 0 Å². The van der Waals surface area contributed by atoms with Crippen LogP contribution in [0.1, 0.15) is 40.3 Å². The molecule has 0 saturated heterocycles. The monoisotopic (exact) mass is 358 g/mol.